The van der Waals surface area contributed by atoms with Gasteiger partial charge in [0.15, 0.2) is 6.29 Å². The molecule has 0 amide bonds. The zero-order valence-electron chi connectivity index (χ0n) is 13.7. The predicted molar refractivity (Wildman–Crippen MR) is 83.6 cm³/mol. The number of esters is 2. The highest BCUT2D eigenvalue weighted by atomic mass is 16.5. The van der Waals surface area contributed by atoms with Gasteiger partial charge in [-0.3, -0.25) is 14.4 Å². The topological polar surface area (TPSA) is 87.5 Å². The number of hydrogen-bond donors (Lipinski definition) is 0. The molecule has 7 nitrogen and oxygen atoms in total. The van der Waals surface area contributed by atoms with Crippen molar-refractivity contribution in [2.24, 2.45) is 13.0 Å². The maximum absolute atomic E-state index is 11.9. The maximum Gasteiger partial charge on any atom is 0.309 e. The second-order valence-corrected chi connectivity index (χ2v) is 4.81. The standard InChI is InChI=1S/C16H22N2O5/c1-4-22-15(20)9-12(16(21)23-5-2)7-6-8-14-17-10-13(11-19)18(14)3/h6,8,10-12H,4-5,7,9H2,1-3H3/b8-6+/t12-/m1/s1. The van der Waals surface area contributed by atoms with Gasteiger partial charge in [-0.05, 0) is 26.3 Å². The monoisotopic (exact) mass is 322 g/mol. The first-order valence-electron chi connectivity index (χ1n) is 7.49. The average molecular weight is 322 g/mol. The van der Waals surface area contributed by atoms with Crippen molar-refractivity contribution in [2.45, 2.75) is 26.7 Å². The largest absolute Gasteiger partial charge is 0.466 e. The maximum atomic E-state index is 11.9. The molecule has 1 aromatic heterocycles. The van der Waals surface area contributed by atoms with Crippen molar-refractivity contribution < 1.29 is 23.9 Å². The molecule has 0 fully saturated rings. The fourth-order valence-corrected chi connectivity index (χ4v) is 1.98. The van der Waals surface area contributed by atoms with Crippen molar-refractivity contribution >= 4 is 24.3 Å². The highest BCUT2D eigenvalue weighted by Crippen LogP contribution is 2.14. The van der Waals surface area contributed by atoms with E-state index >= 15 is 0 Å². The SMILES string of the molecule is CCOC(=O)C[C@@H](C/C=C/c1ncc(C=O)n1C)C(=O)OCC. The van der Waals surface area contributed by atoms with Crippen molar-refractivity contribution in [3.63, 3.8) is 0 Å². The van der Waals surface area contributed by atoms with Crippen LogP contribution in [-0.2, 0) is 26.1 Å². The minimum Gasteiger partial charge on any atom is -0.466 e. The first-order valence-corrected chi connectivity index (χ1v) is 7.49. The first-order chi connectivity index (χ1) is 11.0. The number of allylic oxidation sites excluding steroid dienone is 1. The van der Waals surface area contributed by atoms with Gasteiger partial charge in [0, 0.05) is 7.05 Å². The lowest BCUT2D eigenvalue weighted by Crippen LogP contribution is -2.21. The molecule has 1 aromatic rings. The molecule has 1 atom stereocenters. The highest BCUT2D eigenvalue weighted by molar-refractivity contribution is 5.80. The van der Waals surface area contributed by atoms with E-state index in [-0.39, 0.29) is 19.6 Å². The third-order valence-electron chi connectivity index (χ3n) is 3.21. The minimum atomic E-state index is -0.601. The Hall–Kier alpha value is -2.44. The summed E-state index contributed by atoms with van der Waals surface area (Å²) in [5.41, 5.74) is 0.457. The normalized spacial score (nSPS) is 12.1. The summed E-state index contributed by atoms with van der Waals surface area (Å²) < 4.78 is 11.5. The van der Waals surface area contributed by atoms with E-state index in [1.54, 1.807) is 37.6 Å². The molecule has 0 radical (unpaired) electrons. The van der Waals surface area contributed by atoms with Crippen LogP contribution >= 0.6 is 0 Å². The van der Waals surface area contributed by atoms with Crippen molar-refractivity contribution in [3.05, 3.63) is 23.8 Å². The Morgan fingerprint density at radius 2 is 2.00 bits per heavy atom. The summed E-state index contributed by atoms with van der Waals surface area (Å²) in [5, 5.41) is 0. The Morgan fingerprint density at radius 3 is 2.57 bits per heavy atom. The molecule has 0 saturated carbocycles. The van der Waals surface area contributed by atoms with Crippen LogP contribution in [0.3, 0.4) is 0 Å². The molecule has 0 bridgehead atoms. The van der Waals surface area contributed by atoms with Crippen LogP contribution in [0.2, 0.25) is 0 Å². The Bertz CT molecular complexity index is 577. The number of ether oxygens (including phenoxy) is 2. The van der Waals surface area contributed by atoms with Crippen LogP contribution in [0, 0.1) is 5.92 Å². The van der Waals surface area contributed by atoms with Crippen LogP contribution < -0.4 is 0 Å². The van der Waals surface area contributed by atoms with Gasteiger partial charge in [0.1, 0.15) is 11.5 Å². The van der Waals surface area contributed by atoms with Gasteiger partial charge in [-0.1, -0.05) is 6.08 Å². The molecule has 7 heteroatoms. The molecule has 23 heavy (non-hydrogen) atoms. The Morgan fingerprint density at radius 1 is 1.30 bits per heavy atom. The van der Waals surface area contributed by atoms with E-state index in [1.807, 2.05) is 0 Å². The van der Waals surface area contributed by atoms with E-state index in [0.29, 0.717) is 24.2 Å². The van der Waals surface area contributed by atoms with Crippen LogP contribution in [0.5, 0.6) is 0 Å². The third-order valence-corrected chi connectivity index (χ3v) is 3.21. The molecule has 1 rings (SSSR count). The van der Waals surface area contributed by atoms with Gasteiger partial charge in [-0.15, -0.1) is 0 Å². The fraction of sp³-hybridized carbons (Fsp3) is 0.500. The quantitative estimate of drug-likeness (QED) is 0.508. The third kappa shape index (κ3) is 5.69. The molecule has 0 aliphatic carbocycles. The molecule has 0 aliphatic heterocycles. The Kier molecular flexibility index (Phi) is 7.73. The molecular formula is C16H22N2O5. The number of rotatable bonds is 9. The summed E-state index contributed by atoms with van der Waals surface area (Å²) in [6, 6.07) is 0. The van der Waals surface area contributed by atoms with Crippen LogP contribution in [0.15, 0.2) is 12.3 Å². The van der Waals surface area contributed by atoms with Crippen LogP contribution in [0.1, 0.15) is 43.0 Å². The second-order valence-electron chi connectivity index (χ2n) is 4.81. The van der Waals surface area contributed by atoms with E-state index in [2.05, 4.69) is 4.98 Å². The number of aromatic nitrogens is 2. The van der Waals surface area contributed by atoms with E-state index < -0.39 is 17.9 Å². The minimum absolute atomic E-state index is 0.0306. The van der Waals surface area contributed by atoms with Crippen molar-refractivity contribution in [3.8, 4) is 0 Å². The van der Waals surface area contributed by atoms with E-state index in [0.717, 1.165) is 0 Å². The van der Waals surface area contributed by atoms with E-state index in [4.69, 9.17) is 9.47 Å². The molecular weight excluding hydrogens is 300 g/mol. The second kappa shape index (κ2) is 9.55. The van der Waals surface area contributed by atoms with Gasteiger partial charge in [0.2, 0.25) is 0 Å². The summed E-state index contributed by atoms with van der Waals surface area (Å²) in [6.07, 6.45) is 5.90. The summed E-state index contributed by atoms with van der Waals surface area (Å²) >= 11 is 0. The van der Waals surface area contributed by atoms with Crippen LogP contribution in [-0.4, -0.2) is 41.0 Å². The van der Waals surface area contributed by atoms with Gasteiger partial charge in [0.25, 0.3) is 0 Å². The van der Waals surface area contributed by atoms with Gasteiger partial charge < -0.3 is 14.0 Å². The Balaban J connectivity index is 2.73. The van der Waals surface area contributed by atoms with Crippen molar-refractivity contribution in [1.29, 1.82) is 0 Å². The molecule has 0 aliphatic rings. The predicted octanol–water partition coefficient (Wildman–Crippen LogP) is 1.77. The smallest absolute Gasteiger partial charge is 0.309 e. The van der Waals surface area contributed by atoms with Gasteiger partial charge >= 0.3 is 11.9 Å². The van der Waals surface area contributed by atoms with Crippen molar-refractivity contribution in [1.82, 2.24) is 9.55 Å². The average Bonchev–Trinajstić information content (AvgIpc) is 2.87. The van der Waals surface area contributed by atoms with Gasteiger partial charge in [-0.2, -0.15) is 0 Å². The molecule has 0 aromatic carbocycles. The lowest BCUT2D eigenvalue weighted by Gasteiger charge is -2.12. The van der Waals surface area contributed by atoms with E-state index in [9.17, 15) is 14.4 Å². The number of carbonyl (C=O) groups excluding carboxylic acids is 3. The van der Waals surface area contributed by atoms with Gasteiger partial charge in [0.05, 0.1) is 31.7 Å². The zero-order valence-corrected chi connectivity index (χ0v) is 13.7. The zero-order chi connectivity index (χ0) is 17.2. The number of nitrogens with zero attached hydrogens (tertiary/aromatic N) is 2. The first kappa shape index (κ1) is 18.6. The van der Waals surface area contributed by atoms with Crippen molar-refractivity contribution in [2.75, 3.05) is 13.2 Å². The fourth-order valence-electron chi connectivity index (χ4n) is 1.98. The number of hydrogen-bond acceptors (Lipinski definition) is 6. The van der Waals surface area contributed by atoms with E-state index in [1.165, 1.54) is 6.20 Å². The lowest BCUT2D eigenvalue weighted by atomic mass is 10.0. The molecule has 126 valence electrons. The molecule has 0 N–H and O–H groups in total. The number of carbonyl (C=O) groups is 3. The number of imidazole rings is 1. The summed E-state index contributed by atoms with van der Waals surface area (Å²) in [4.78, 5) is 38.4. The summed E-state index contributed by atoms with van der Waals surface area (Å²) in [5.74, 6) is -0.875. The van der Waals surface area contributed by atoms with Crippen LogP contribution in [0.4, 0.5) is 0 Å². The molecule has 1 heterocycles. The molecule has 0 unspecified atom stereocenters. The van der Waals surface area contributed by atoms with Crippen LogP contribution in [0.25, 0.3) is 6.08 Å². The summed E-state index contributed by atoms with van der Waals surface area (Å²) in [6.45, 7) is 3.95. The molecule has 0 saturated heterocycles. The lowest BCUT2D eigenvalue weighted by molar-refractivity contribution is -0.154. The Labute approximate surface area is 135 Å². The highest BCUT2D eigenvalue weighted by Gasteiger charge is 2.22. The number of aldehydes is 1. The van der Waals surface area contributed by atoms with Gasteiger partial charge in [-0.25, -0.2) is 4.98 Å². The molecule has 0 spiro atoms. The summed E-state index contributed by atoms with van der Waals surface area (Å²) in [7, 11) is 1.72.